The van der Waals surface area contributed by atoms with Gasteiger partial charge >= 0.3 is 5.97 Å². The van der Waals surface area contributed by atoms with Crippen molar-refractivity contribution >= 4 is 17.7 Å². The van der Waals surface area contributed by atoms with Crippen molar-refractivity contribution in [3.63, 3.8) is 0 Å². The Morgan fingerprint density at radius 3 is 2.56 bits per heavy atom. The highest BCUT2D eigenvalue weighted by atomic mass is 32.2. The normalized spacial score (nSPS) is 14.2. The molecule has 100 valence electrons. The Kier molecular flexibility index (Phi) is 5.23. The van der Waals surface area contributed by atoms with Crippen molar-refractivity contribution in [2.75, 3.05) is 12.8 Å². The van der Waals surface area contributed by atoms with Crippen LogP contribution >= 0.6 is 11.8 Å². The molecule has 0 aliphatic heterocycles. The Bertz CT molecular complexity index is 434. The summed E-state index contributed by atoms with van der Waals surface area (Å²) in [6.45, 7) is 5.90. The first-order valence-corrected chi connectivity index (χ1v) is 7.00. The fourth-order valence-corrected chi connectivity index (χ4v) is 2.69. The molecule has 18 heavy (non-hydrogen) atoms. The molecule has 3 nitrogen and oxygen atoms in total. The molecule has 0 fully saturated rings. The SMILES string of the molecule is CNC(C)(CCSc1ccc(C)c(C)c1)C(=O)O. The molecule has 0 aliphatic rings. The average Bonchev–Trinajstić information content (AvgIpc) is 2.33. The number of carboxylic acid groups (broad SMARTS) is 1. The van der Waals surface area contributed by atoms with Gasteiger partial charge in [0.1, 0.15) is 5.54 Å². The van der Waals surface area contributed by atoms with Crippen molar-refractivity contribution < 1.29 is 9.90 Å². The molecule has 0 aromatic heterocycles. The minimum Gasteiger partial charge on any atom is -0.480 e. The van der Waals surface area contributed by atoms with Crippen molar-refractivity contribution in [2.45, 2.75) is 37.6 Å². The fraction of sp³-hybridized carbons (Fsp3) is 0.500. The van der Waals surface area contributed by atoms with Crippen molar-refractivity contribution in [1.82, 2.24) is 5.32 Å². The van der Waals surface area contributed by atoms with Crippen LogP contribution in [0.15, 0.2) is 23.1 Å². The van der Waals surface area contributed by atoms with Gasteiger partial charge in [-0.2, -0.15) is 0 Å². The molecule has 0 saturated carbocycles. The van der Waals surface area contributed by atoms with Crippen LogP contribution in [0, 0.1) is 13.8 Å². The molecule has 0 bridgehead atoms. The summed E-state index contributed by atoms with van der Waals surface area (Å²) in [6, 6.07) is 6.34. The van der Waals surface area contributed by atoms with Gasteiger partial charge in [-0.1, -0.05) is 6.07 Å². The van der Waals surface area contributed by atoms with Crippen LogP contribution in [-0.2, 0) is 4.79 Å². The molecule has 1 aromatic carbocycles. The molecule has 0 heterocycles. The summed E-state index contributed by atoms with van der Waals surface area (Å²) in [7, 11) is 1.69. The van der Waals surface area contributed by atoms with Gasteiger partial charge in [0.05, 0.1) is 0 Å². The Balaban J connectivity index is 2.56. The summed E-state index contributed by atoms with van der Waals surface area (Å²) < 4.78 is 0. The number of benzene rings is 1. The van der Waals surface area contributed by atoms with Crippen LogP contribution in [0.4, 0.5) is 0 Å². The molecule has 0 aliphatic carbocycles. The molecular weight excluding hydrogens is 246 g/mol. The predicted octanol–water partition coefficient (Wildman–Crippen LogP) is 2.85. The van der Waals surface area contributed by atoms with E-state index in [-0.39, 0.29) is 0 Å². The Labute approximate surface area is 113 Å². The van der Waals surface area contributed by atoms with E-state index in [1.807, 2.05) is 0 Å². The lowest BCUT2D eigenvalue weighted by atomic mass is 10.00. The van der Waals surface area contributed by atoms with Crippen molar-refractivity contribution in [1.29, 1.82) is 0 Å². The average molecular weight is 267 g/mol. The highest BCUT2D eigenvalue weighted by Crippen LogP contribution is 2.24. The van der Waals surface area contributed by atoms with Gasteiger partial charge in [-0.25, -0.2) is 0 Å². The molecule has 0 spiro atoms. The van der Waals surface area contributed by atoms with E-state index in [1.165, 1.54) is 16.0 Å². The van der Waals surface area contributed by atoms with E-state index in [9.17, 15) is 4.79 Å². The van der Waals surface area contributed by atoms with Gasteiger partial charge in [-0.3, -0.25) is 4.79 Å². The number of rotatable bonds is 6. The predicted molar refractivity (Wildman–Crippen MR) is 76.4 cm³/mol. The molecule has 0 saturated heterocycles. The highest BCUT2D eigenvalue weighted by Gasteiger charge is 2.30. The van der Waals surface area contributed by atoms with Crippen LogP contribution in [0.25, 0.3) is 0 Å². The Hall–Kier alpha value is -1.00. The van der Waals surface area contributed by atoms with Gasteiger partial charge in [-0.15, -0.1) is 11.8 Å². The van der Waals surface area contributed by atoms with Crippen molar-refractivity contribution in [3.8, 4) is 0 Å². The monoisotopic (exact) mass is 267 g/mol. The van der Waals surface area contributed by atoms with E-state index in [1.54, 1.807) is 25.7 Å². The number of aryl methyl sites for hydroxylation is 2. The van der Waals surface area contributed by atoms with Crippen LogP contribution in [0.3, 0.4) is 0 Å². The number of nitrogens with one attached hydrogen (secondary N) is 1. The summed E-state index contributed by atoms with van der Waals surface area (Å²) in [4.78, 5) is 12.3. The van der Waals surface area contributed by atoms with E-state index >= 15 is 0 Å². The molecule has 4 heteroatoms. The lowest BCUT2D eigenvalue weighted by Crippen LogP contribution is -2.47. The lowest BCUT2D eigenvalue weighted by Gasteiger charge is -2.23. The Morgan fingerprint density at radius 2 is 2.06 bits per heavy atom. The quantitative estimate of drug-likeness (QED) is 0.778. The van der Waals surface area contributed by atoms with Crippen molar-refractivity contribution in [2.24, 2.45) is 0 Å². The molecular formula is C14H21NO2S. The zero-order chi connectivity index (χ0) is 13.8. The lowest BCUT2D eigenvalue weighted by molar-refractivity contribution is -0.144. The largest absolute Gasteiger partial charge is 0.480 e. The maximum absolute atomic E-state index is 11.1. The van der Waals surface area contributed by atoms with E-state index < -0.39 is 11.5 Å². The first kappa shape index (κ1) is 15.1. The summed E-state index contributed by atoms with van der Waals surface area (Å²) in [6.07, 6.45) is 0.594. The van der Waals surface area contributed by atoms with E-state index in [4.69, 9.17) is 5.11 Å². The number of aliphatic carboxylic acids is 1. The minimum atomic E-state index is -0.841. The van der Waals surface area contributed by atoms with Crippen LogP contribution in [0.5, 0.6) is 0 Å². The summed E-state index contributed by atoms with van der Waals surface area (Å²) in [5.74, 6) is -0.0164. The number of thioether (sulfide) groups is 1. The first-order valence-electron chi connectivity index (χ1n) is 6.01. The molecule has 1 atom stereocenters. The second-order valence-corrected chi connectivity index (χ2v) is 5.90. The van der Waals surface area contributed by atoms with E-state index in [2.05, 4.69) is 37.4 Å². The number of hydrogen-bond acceptors (Lipinski definition) is 3. The third kappa shape index (κ3) is 3.75. The molecule has 1 aromatic rings. The highest BCUT2D eigenvalue weighted by molar-refractivity contribution is 7.99. The van der Waals surface area contributed by atoms with Gasteiger partial charge in [-0.05, 0) is 57.5 Å². The fourth-order valence-electron chi connectivity index (χ4n) is 1.52. The number of carboxylic acids is 1. The number of likely N-dealkylation sites (N-methyl/N-ethyl adjacent to an activating group) is 1. The van der Waals surface area contributed by atoms with Crippen LogP contribution < -0.4 is 5.32 Å². The first-order chi connectivity index (χ1) is 8.39. The third-order valence-electron chi connectivity index (χ3n) is 3.37. The minimum absolute atomic E-state index is 0.594. The van der Waals surface area contributed by atoms with Gasteiger partial charge in [0.15, 0.2) is 0 Å². The van der Waals surface area contributed by atoms with Gasteiger partial charge in [0, 0.05) is 10.6 Å². The van der Waals surface area contributed by atoms with E-state index in [0.717, 1.165) is 5.75 Å². The van der Waals surface area contributed by atoms with E-state index in [0.29, 0.717) is 6.42 Å². The zero-order valence-electron chi connectivity index (χ0n) is 11.4. The standard InChI is InChI=1S/C14H21NO2S/c1-10-5-6-12(9-11(10)2)18-8-7-14(3,15-4)13(16)17/h5-6,9,15H,7-8H2,1-4H3,(H,16,17). The summed E-state index contributed by atoms with van der Waals surface area (Å²) in [5.41, 5.74) is 1.71. The third-order valence-corrected chi connectivity index (χ3v) is 4.37. The molecule has 2 N–H and O–H groups in total. The molecule has 1 rings (SSSR count). The van der Waals surface area contributed by atoms with Gasteiger partial charge in [0.25, 0.3) is 0 Å². The van der Waals surface area contributed by atoms with Gasteiger partial charge < -0.3 is 10.4 Å². The Morgan fingerprint density at radius 1 is 1.39 bits per heavy atom. The van der Waals surface area contributed by atoms with Crippen molar-refractivity contribution in [3.05, 3.63) is 29.3 Å². The summed E-state index contributed by atoms with van der Waals surface area (Å²) in [5, 5.41) is 12.0. The second kappa shape index (κ2) is 6.25. The molecule has 0 radical (unpaired) electrons. The topological polar surface area (TPSA) is 49.3 Å². The molecule has 1 unspecified atom stereocenters. The van der Waals surface area contributed by atoms with Crippen LogP contribution in [-0.4, -0.2) is 29.4 Å². The van der Waals surface area contributed by atoms with Crippen LogP contribution in [0.2, 0.25) is 0 Å². The van der Waals surface area contributed by atoms with Crippen LogP contribution in [0.1, 0.15) is 24.5 Å². The summed E-state index contributed by atoms with van der Waals surface area (Å²) >= 11 is 1.70. The number of carbonyl (C=O) groups is 1. The zero-order valence-corrected chi connectivity index (χ0v) is 12.2. The smallest absolute Gasteiger partial charge is 0.323 e. The maximum Gasteiger partial charge on any atom is 0.323 e. The molecule has 0 amide bonds. The maximum atomic E-state index is 11.1. The second-order valence-electron chi connectivity index (χ2n) is 4.73. The van der Waals surface area contributed by atoms with Gasteiger partial charge in [0.2, 0.25) is 0 Å². The number of hydrogen-bond donors (Lipinski definition) is 2.